The molecule has 0 saturated heterocycles. The Morgan fingerprint density at radius 2 is 2.10 bits per heavy atom. The molecule has 0 radical (unpaired) electrons. The molecule has 3 heterocycles. The first-order chi connectivity index (χ1) is 10.1. The second-order valence-electron chi connectivity index (χ2n) is 5.09. The maximum atomic E-state index is 12.6. The number of benzene rings is 1. The van der Waals surface area contributed by atoms with Crippen molar-refractivity contribution in [1.82, 2.24) is 9.38 Å². The molecule has 4 rings (SSSR count). The van der Waals surface area contributed by atoms with Gasteiger partial charge in [0.15, 0.2) is 4.96 Å². The Morgan fingerprint density at radius 1 is 1.24 bits per heavy atom. The minimum Gasteiger partial charge on any atom is -0.462 e. The molecule has 0 saturated carbocycles. The third kappa shape index (κ3) is 1.89. The van der Waals surface area contributed by atoms with Crippen LogP contribution < -0.4 is 10.1 Å². The van der Waals surface area contributed by atoms with Gasteiger partial charge in [0, 0.05) is 6.08 Å². The van der Waals surface area contributed by atoms with E-state index >= 15 is 0 Å². The van der Waals surface area contributed by atoms with Crippen molar-refractivity contribution >= 4 is 33.4 Å². The summed E-state index contributed by atoms with van der Waals surface area (Å²) in [5.74, 6) is 1.52. The maximum absolute atomic E-state index is 12.6. The molecule has 4 nitrogen and oxygen atoms in total. The van der Waals surface area contributed by atoms with E-state index in [4.69, 9.17) is 4.42 Å². The van der Waals surface area contributed by atoms with Crippen LogP contribution in [0.5, 0.6) is 0 Å². The Hall–Kier alpha value is -2.40. The normalized spacial score (nSPS) is 12.8. The summed E-state index contributed by atoms with van der Waals surface area (Å²) >= 11 is 1.38. The molecule has 1 aromatic carbocycles. The number of hydrogen-bond donors (Lipinski definition) is 0. The number of rotatable bonds is 1. The molecule has 3 aromatic heterocycles. The minimum atomic E-state index is -0.0459. The Kier molecular flexibility index (Phi) is 2.53. The number of fused-ring (bicyclic) bond motifs is 3. The van der Waals surface area contributed by atoms with E-state index in [-0.39, 0.29) is 5.56 Å². The smallest absolute Gasteiger partial charge is 0.275 e. The highest BCUT2D eigenvalue weighted by Gasteiger charge is 2.11. The Balaban J connectivity index is 2.03. The van der Waals surface area contributed by atoms with Gasteiger partial charge < -0.3 is 4.42 Å². The molecular formula is C16H12N2O2S. The molecule has 104 valence electrons. The van der Waals surface area contributed by atoms with Crippen molar-refractivity contribution in [3.05, 3.63) is 62.3 Å². The quantitative estimate of drug-likeness (QED) is 0.542. The van der Waals surface area contributed by atoms with Gasteiger partial charge >= 0.3 is 0 Å². The predicted octanol–water partition coefficient (Wildman–Crippen LogP) is 2.67. The molecule has 0 aliphatic heterocycles. The van der Waals surface area contributed by atoms with E-state index in [2.05, 4.69) is 4.98 Å². The average Bonchev–Trinajstić information content (AvgIpc) is 3.07. The summed E-state index contributed by atoms with van der Waals surface area (Å²) in [5.41, 5.74) is 2.81. The molecule has 21 heavy (non-hydrogen) atoms. The van der Waals surface area contributed by atoms with Crippen molar-refractivity contribution in [1.29, 1.82) is 0 Å². The summed E-state index contributed by atoms with van der Waals surface area (Å²) in [6, 6.07) is 9.67. The molecule has 0 atom stereocenters. The number of thiazole rings is 1. The lowest BCUT2D eigenvalue weighted by atomic mass is 10.2. The van der Waals surface area contributed by atoms with Crippen LogP contribution in [0, 0.1) is 13.8 Å². The summed E-state index contributed by atoms with van der Waals surface area (Å²) in [6.07, 6.45) is 1.77. The summed E-state index contributed by atoms with van der Waals surface area (Å²) in [7, 11) is 0. The van der Waals surface area contributed by atoms with Crippen LogP contribution in [0.1, 0.15) is 17.1 Å². The Bertz CT molecular complexity index is 1090. The molecule has 0 unspecified atom stereocenters. The number of furan rings is 1. The molecule has 5 heteroatoms. The van der Waals surface area contributed by atoms with Gasteiger partial charge in [-0.05, 0) is 43.7 Å². The van der Waals surface area contributed by atoms with Gasteiger partial charge in [0.05, 0.1) is 11.0 Å². The van der Waals surface area contributed by atoms with Gasteiger partial charge in [-0.3, -0.25) is 4.79 Å². The topological polar surface area (TPSA) is 47.5 Å². The lowest BCUT2D eigenvalue weighted by Crippen LogP contribution is -2.22. The van der Waals surface area contributed by atoms with Crippen LogP contribution in [0.4, 0.5) is 0 Å². The number of aromatic nitrogens is 2. The molecule has 0 amide bonds. The van der Waals surface area contributed by atoms with Gasteiger partial charge in [-0.2, -0.15) is 0 Å². The molecule has 0 bridgehead atoms. The minimum absolute atomic E-state index is 0.0459. The predicted molar refractivity (Wildman–Crippen MR) is 83.8 cm³/mol. The van der Waals surface area contributed by atoms with Gasteiger partial charge in [-0.25, -0.2) is 9.38 Å². The number of imidazole rings is 1. The van der Waals surface area contributed by atoms with Crippen molar-refractivity contribution in [3.63, 3.8) is 0 Å². The van der Waals surface area contributed by atoms with Crippen molar-refractivity contribution < 1.29 is 4.42 Å². The van der Waals surface area contributed by atoms with Crippen LogP contribution in [0.15, 0.2) is 39.5 Å². The van der Waals surface area contributed by atoms with Crippen LogP contribution in [0.25, 0.3) is 22.1 Å². The van der Waals surface area contributed by atoms with Crippen LogP contribution in [-0.2, 0) is 0 Å². The van der Waals surface area contributed by atoms with Gasteiger partial charge in [0.25, 0.3) is 5.56 Å². The Morgan fingerprint density at radius 3 is 2.86 bits per heavy atom. The second-order valence-corrected chi connectivity index (χ2v) is 6.10. The first kappa shape index (κ1) is 12.3. The third-order valence-electron chi connectivity index (χ3n) is 3.43. The highest BCUT2D eigenvalue weighted by Crippen LogP contribution is 2.17. The first-order valence-corrected chi connectivity index (χ1v) is 7.43. The van der Waals surface area contributed by atoms with Crippen LogP contribution in [0.3, 0.4) is 0 Å². The number of aryl methyl sites for hydroxylation is 2. The van der Waals surface area contributed by atoms with Gasteiger partial charge in [0.1, 0.15) is 16.1 Å². The molecule has 0 fully saturated rings. The van der Waals surface area contributed by atoms with Gasteiger partial charge in [0.2, 0.25) is 0 Å². The fourth-order valence-corrected chi connectivity index (χ4v) is 3.40. The molecule has 0 N–H and O–H groups in total. The lowest BCUT2D eigenvalue weighted by molar-refractivity contribution is 0.525. The second kappa shape index (κ2) is 4.30. The van der Waals surface area contributed by atoms with Crippen LogP contribution in [-0.4, -0.2) is 9.38 Å². The SMILES string of the molecule is Cc1ccc2c(c1)nc1s/c(=C\c3ccc(C)o3)c(=O)n12. The fraction of sp³-hybridized carbons (Fsp3) is 0.125. The van der Waals surface area contributed by atoms with E-state index in [1.807, 2.05) is 44.2 Å². The largest absolute Gasteiger partial charge is 0.462 e. The van der Waals surface area contributed by atoms with Crippen LogP contribution in [0.2, 0.25) is 0 Å². The van der Waals surface area contributed by atoms with Crippen molar-refractivity contribution in [2.45, 2.75) is 13.8 Å². The molecule has 0 aliphatic carbocycles. The monoisotopic (exact) mass is 296 g/mol. The zero-order chi connectivity index (χ0) is 14.6. The standard InChI is InChI=1S/C16H12N2O2S/c1-9-3-6-13-12(7-9)17-16-18(13)15(19)14(21-16)8-11-5-4-10(2)20-11/h3-8H,1-2H3/b14-8-. The van der Waals surface area contributed by atoms with E-state index in [0.717, 1.165) is 27.3 Å². The van der Waals surface area contributed by atoms with Crippen molar-refractivity contribution in [2.24, 2.45) is 0 Å². The summed E-state index contributed by atoms with van der Waals surface area (Å²) in [4.78, 5) is 17.8. The van der Waals surface area contributed by atoms with E-state index in [1.165, 1.54) is 11.3 Å². The summed E-state index contributed by atoms with van der Waals surface area (Å²) in [6.45, 7) is 3.90. The first-order valence-electron chi connectivity index (χ1n) is 6.61. The van der Waals surface area contributed by atoms with Gasteiger partial charge in [-0.1, -0.05) is 17.4 Å². The van der Waals surface area contributed by atoms with Crippen molar-refractivity contribution in [2.75, 3.05) is 0 Å². The molecule has 4 aromatic rings. The van der Waals surface area contributed by atoms with E-state index in [9.17, 15) is 4.79 Å². The van der Waals surface area contributed by atoms with E-state index < -0.39 is 0 Å². The molecular weight excluding hydrogens is 284 g/mol. The maximum Gasteiger partial charge on any atom is 0.275 e. The molecule has 0 spiro atoms. The van der Waals surface area contributed by atoms with E-state index in [0.29, 0.717) is 10.3 Å². The fourth-order valence-electron chi connectivity index (χ4n) is 2.44. The number of nitrogens with zero attached hydrogens (tertiary/aromatic N) is 2. The zero-order valence-electron chi connectivity index (χ0n) is 11.6. The average molecular weight is 296 g/mol. The molecule has 0 aliphatic rings. The van der Waals surface area contributed by atoms with E-state index in [1.54, 1.807) is 10.5 Å². The number of hydrogen-bond acceptors (Lipinski definition) is 4. The summed E-state index contributed by atoms with van der Waals surface area (Å²) in [5, 5.41) is 0. The zero-order valence-corrected chi connectivity index (χ0v) is 12.4. The third-order valence-corrected chi connectivity index (χ3v) is 4.40. The highest BCUT2D eigenvalue weighted by atomic mass is 32.1. The van der Waals surface area contributed by atoms with Crippen molar-refractivity contribution in [3.8, 4) is 0 Å². The summed E-state index contributed by atoms with van der Waals surface area (Å²) < 4.78 is 7.80. The van der Waals surface area contributed by atoms with Gasteiger partial charge in [-0.15, -0.1) is 0 Å². The lowest BCUT2D eigenvalue weighted by Gasteiger charge is -1.91. The van der Waals surface area contributed by atoms with Crippen LogP contribution >= 0.6 is 11.3 Å². The highest BCUT2D eigenvalue weighted by molar-refractivity contribution is 7.15. The Labute approximate surface area is 124 Å².